The zero-order valence-electron chi connectivity index (χ0n) is 16.8. The van der Waals surface area contributed by atoms with Crippen LogP contribution in [0.3, 0.4) is 0 Å². The highest BCUT2D eigenvalue weighted by molar-refractivity contribution is 7.15. The van der Waals surface area contributed by atoms with Gasteiger partial charge in [-0.05, 0) is 53.9 Å². The summed E-state index contributed by atoms with van der Waals surface area (Å²) in [5.74, 6) is -0.379. The molecule has 5 heteroatoms. The van der Waals surface area contributed by atoms with Gasteiger partial charge in [0.2, 0.25) is 0 Å². The van der Waals surface area contributed by atoms with Crippen molar-refractivity contribution in [2.75, 3.05) is 7.11 Å². The molecule has 0 aliphatic heterocycles. The Labute approximate surface area is 164 Å². The van der Waals surface area contributed by atoms with Gasteiger partial charge in [-0.25, -0.2) is 4.79 Å². The Hall–Kier alpha value is -2.14. The fourth-order valence-corrected chi connectivity index (χ4v) is 5.64. The second-order valence-corrected chi connectivity index (χ2v) is 9.57. The molecule has 4 nitrogen and oxygen atoms in total. The fourth-order valence-electron chi connectivity index (χ4n) is 4.01. The van der Waals surface area contributed by atoms with E-state index in [0.717, 1.165) is 23.3 Å². The van der Waals surface area contributed by atoms with Crippen molar-refractivity contribution in [3.63, 3.8) is 0 Å². The zero-order valence-corrected chi connectivity index (χ0v) is 17.7. The topological polar surface area (TPSA) is 58.9 Å². The molecule has 1 N–H and O–H groups in total. The van der Waals surface area contributed by atoms with Gasteiger partial charge in [0, 0.05) is 10.4 Å². The minimum atomic E-state index is -0.379. The van der Waals surface area contributed by atoms with E-state index in [1.54, 1.807) is 35.6 Å². The van der Waals surface area contributed by atoms with Crippen molar-refractivity contribution >= 4 is 23.0 Å². The summed E-state index contributed by atoms with van der Waals surface area (Å²) in [6, 6.07) is 7.00. The molecular weight excluding hydrogens is 358 g/mol. The maximum absolute atomic E-state index is 11.7. The molecule has 0 saturated heterocycles. The van der Waals surface area contributed by atoms with Crippen molar-refractivity contribution in [1.82, 2.24) is 0 Å². The van der Waals surface area contributed by atoms with Crippen LogP contribution in [0.5, 0.6) is 0 Å². The van der Waals surface area contributed by atoms with Gasteiger partial charge in [0.1, 0.15) is 5.71 Å². The van der Waals surface area contributed by atoms with Gasteiger partial charge in [-0.3, -0.25) is 0 Å². The zero-order chi connectivity index (χ0) is 20.0. The fraction of sp³-hybridized carbons (Fsp3) is 0.455. The van der Waals surface area contributed by atoms with Crippen molar-refractivity contribution in [2.45, 2.75) is 58.3 Å². The summed E-state index contributed by atoms with van der Waals surface area (Å²) >= 11 is 1.73. The van der Waals surface area contributed by atoms with Gasteiger partial charge in [-0.15, -0.1) is 11.3 Å². The van der Waals surface area contributed by atoms with E-state index in [-0.39, 0.29) is 16.8 Å². The average molecular weight is 386 g/mol. The Kier molecular flexibility index (Phi) is 4.93. The molecule has 0 atom stereocenters. The molecule has 1 aliphatic carbocycles. The molecule has 0 spiro atoms. The van der Waals surface area contributed by atoms with Crippen LogP contribution in [0, 0.1) is 6.92 Å². The van der Waals surface area contributed by atoms with Gasteiger partial charge in [-0.1, -0.05) is 45.0 Å². The van der Waals surface area contributed by atoms with E-state index in [1.165, 1.54) is 23.1 Å². The van der Waals surface area contributed by atoms with Crippen LogP contribution < -0.4 is 0 Å². The van der Waals surface area contributed by atoms with Gasteiger partial charge >= 0.3 is 5.97 Å². The second kappa shape index (κ2) is 6.79. The highest BCUT2D eigenvalue weighted by Gasteiger charge is 2.41. The Morgan fingerprint density at radius 1 is 1.07 bits per heavy atom. The van der Waals surface area contributed by atoms with Crippen LogP contribution in [0.25, 0.3) is 0 Å². The number of nitrogens with zero attached hydrogens (tertiary/aromatic N) is 1. The van der Waals surface area contributed by atoms with E-state index >= 15 is 0 Å². The third-order valence-corrected chi connectivity index (χ3v) is 7.37. The van der Waals surface area contributed by atoms with Crippen molar-refractivity contribution in [3.05, 3.63) is 56.3 Å². The summed E-state index contributed by atoms with van der Waals surface area (Å²) in [5, 5.41) is 13.4. The molecule has 0 amide bonds. The molecule has 1 heterocycles. The second-order valence-electron chi connectivity index (χ2n) is 8.55. The van der Waals surface area contributed by atoms with Crippen molar-refractivity contribution in [1.29, 1.82) is 0 Å². The van der Waals surface area contributed by atoms with Crippen molar-refractivity contribution < 1.29 is 14.7 Å². The minimum Gasteiger partial charge on any atom is -0.465 e. The quantitative estimate of drug-likeness (QED) is 0.332. The van der Waals surface area contributed by atoms with Gasteiger partial charge in [0.25, 0.3) is 0 Å². The largest absolute Gasteiger partial charge is 0.465 e. The smallest absolute Gasteiger partial charge is 0.337 e. The first-order valence-corrected chi connectivity index (χ1v) is 9.99. The number of hydrogen-bond acceptors (Lipinski definition) is 5. The molecule has 144 valence electrons. The number of thiophene rings is 1. The van der Waals surface area contributed by atoms with Crippen molar-refractivity contribution in [3.8, 4) is 0 Å². The Morgan fingerprint density at radius 3 is 2.15 bits per heavy atom. The lowest BCUT2D eigenvalue weighted by atomic mass is 9.66. The first-order chi connectivity index (χ1) is 12.6. The summed E-state index contributed by atoms with van der Waals surface area (Å²) in [5.41, 5.74) is 4.62. The molecule has 3 rings (SSSR count). The number of fused-ring (bicyclic) bond motifs is 1. The molecule has 1 aromatic carbocycles. The molecule has 0 radical (unpaired) electrons. The number of benzene rings is 1. The molecule has 2 aromatic rings. The van der Waals surface area contributed by atoms with E-state index in [2.05, 4.69) is 39.8 Å². The van der Waals surface area contributed by atoms with Crippen LogP contribution in [-0.2, 0) is 15.6 Å². The summed E-state index contributed by atoms with van der Waals surface area (Å²) < 4.78 is 4.75. The summed E-state index contributed by atoms with van der Waals surface area (Å²) in [6.07, 6.45) is 2.29. The summed E-state index contributed by atoms with van der Waals surface area (Å²) in [4.78, 5) is 14.0. The van der Waals surface area contributed by atoms with Gasteiger partial charge in [0.05, 0.1) is 17.6 Å². The van der Waals surface area contributed by atoms with Crippen LogP contribution in [0.1, 0.15) is 77.3 Å². The predicted octanol–water partition coefficient (Wildman–Crippen LogP) is 5.42. The number of carbonyl (C=O) groups is 1. The van der Waals surface area contributed by atoms with E-state index in [4.69, 9.17) is 4.74 Å². The number of esters is 1. The lowest BCUT2D eigenvalue weighted by Gasteiger charge is -2.39. The monoisotopic (exact) mass is 385 g/mol. The Bertz CT molecular complexity index is 904. The maximum Gasteiger partial charge on any atom is 0.337 e. The number of ether oxygens (including phenoxy) is 1. The Morgan fingerprint density at radius 2 is 1.63 bits per heavy atom. The van der Waals surface area contributed by atoms with Gasteiger partial charge in [-0.2, -0.15) is 0 Å². The third kappa shape index (κ3) is 3.29. The van der Waals surface area contributed by atoms with Crippen LogP contribution >= 0.6 is 11.3 Å². The van der Waals surface area contributed by atoms with Crippen LogP contribution in [0.2, 0.25) is 0 Å². The number of oxime groups is 1. The first kappa shape index (κ1) is 19.6. The lowest BCUT2D eigenvalue weighted by Crippen LogP contribution is -2.32. The van der Waals surface area contributed by atoms with E-state index < -0.39 is 0 Å². The molecular formula is C22H27NO3S. The molecule has 0 unspecified atom stereocenters. The number of methoxy groups -OCH3 is 1. The normalized spacial score (nSPS) is 18.1. The number of hydrogen-bond donors (Lipinski definition) is 1. The molecule has 0 fully saturated rings. The van der Waals surface area contributed by atoms with E-state index in [1.807, 2.05) is 0 Å². The molecule has 0 bridgehead atoms. The Balaban J connectivity index is 2.10. The van der Waals surface area contributed by atoms with E-state index in [9.17, 15) is 10.0 Å². The molecule has 1 aromatic heterocycles. The van der Waals surface area contributed by atoms with Gasteiger partial charge < -0.3 is 9.94 Å². The SMILES string of the molecule is COC(=O)c1ccc(/C(=N\O)c2sc3c(c2C)C(C)(C)CCC3(C)C)cc1. The maximum atomic E-state index is 11.7. The third-order valence-electron chi connectivity index (χ3n) is 5.71. The average Bonchev–Trinajstić information content (AvgIpc) is 2.99. The standard InChI is InChI=1S/C22H27NO3S/c1-13-16-19(22(4,5)12-11-21(16,2)3)27-18(13)17(23-25)14-7-9-15(10-8-14)20(24)26-6/h7-10,25H,11-12H2,1-6H3/b23-17+. The van der Waals surface area contributed by atoms with E-state index in [0.29, 0.717) is 11.3 Å². The molecule has 27 heavy (non-hydrogen) atoms. The number of rotatable bonds is 3. The first-order valence-electron chi connectivity index (χ1n) is 9.18. The minimum absolute atomic E-state index is 0.110. The van der Waals surface area contributed by atoms with Crippen LogP contribution in [0.15, 0.2) is 29.4 Å². The highest BCUT2D eigenvalue weighted by Crippen LogP contribution is 2.51. The molecule has 0 saturated carbocycles. The van der Waals surface area contributed by atoms with Crippen LogP contribution in [0.4, 0.5) is 0 Å². The summed E-state index contributed by atoms with van der Waals surface area (Å²) in [7, 11) is 1.36. The number of carbonyl (C=O) groups excluding carboxylic acids is 1. The highest BCUT2D eigenvalue weighted by atomic mass is 32.1. The molecule has 1 aliphatic rings. The van der Waals surface area contributed by atoms with Gasteiger partial charge in [0.15, 0.2) is 0 Å². The van der Waals surface area contributed by atoms with Crippen molar-refractivity contribution in [2.24, 2.45) is 5.16 Å². The lowest BCUT2D eigenvalue weighted by molar-refractivity contribution is 0.0600. The summed E-state index contributed by atoms with van der Waals surface area (Å²) in [6.45, 7) is 11.3. The predicted molar refractivity (Wildman–Crippen MR) is 110 cm³/mol. The van der Waals surface area contributed by atoms with Crippen LogP contribution in [-0.4, -0.2) is 24.0 Å².